The van der Waals surface area contributed by atoms with Crippen LogP contribution in [0.15, 0.2) is 23.1 Å². The van der Waals surface area contributed by atoms with Crippen LogP contribution in [0.4, 0.5) is 0 Å². The molecule has 0 heterocycles. The summed E-state index contributed by atoms with van der Waals surface area (Å²) in [5.74, 6) is -1.69. The molecule has 4 N–H and O–H groups in total. The number of nitrogens with one attached hydrogen (secondary N) is 1. The van der Waals surface area contributed by atoms with Gasteiger partial charge < -0.3 is 10.8 Å². The van der Waals surface area contributed by atoms with E-state index in [0.717, 1.165) is 6.07 Å². The van der Waals surface area contributed by atoms with Gasteiger partial charge in [-0.15, -0.1) is 0 Å². The number of nitrogens with two attached hydrogens (primary N) is 1. The van der Waals surface area contributed by atoms with Crippen LogP contribution in [0.5, 0.6) is 0 Å². The van der Waals surface area contributed by atoms with Crippen molar-refractivity contribution in [1.82, 2.24) is 4.72 Å². The number of carbonyl (C=O) groups is 2. The van der Waals surface area contributed by atoms with Crippen molar-refractivity contribution in [3.05, 3.63) is 28.8 Å². The van der Waals surface area contributed by atoms with E-state index in [1.165, 1.54) is 12.1 Å². The van der Waals surface area contributed by atoms with Crippen LogP contribution in [0, 0.1) is 0 Å². The molecule has 0 atom stereocenters. The maximum atomic E-state index is 12.0. The van der Waals surface area contributed by atoms with Gasteiger partial charge >= 0.3 is 5.97 Å². The number of carboxylic acids is 1. The molecule has 0 aliphatic heterocycles. The molecule has 1 rings (SSSR count). The molecule has 116 valence electrons. The number of hydrogen-bond donors (Lipinski definition) is 3. The van der Waals surface area contributed by atoms with E-state index in [2.05, 4.69) is 4.72 Å². The van der Waals surface area contributed by atoms with Crippen LogP contribution in [-0.4, -0.2) is 31.9 Å². The minimum Gasteiger partial charge on any atom is -0.478 e. The Bertz CT molecular complexity index is 645. The Morgan fingerprint density at radius 3 is 2.52 bits per heavy atom. The smallest absolute Gasteiger partial charge is 0.335 e. The van der Waals surface area contributed by atoms with Gasteiger partial charge in [0.2, 0.25) is 15.9 Å². The Kier molecular flexibility index (Phi) is 6.13. The van der Waals surface area contributed by atoms with Gasteiger partial charge in [0.25, 0.3) is 0 Å². The SMILES string of the molecule is NC(=O)CCCCNS(=O)(=O)c1cc(C(=O)O)ccc1Cl. The number of halogens is 1. The van der Waals surface area contributed by atoms with Crippen LogP contribution in [-0.2, 0) is 14.8 Å². The lowest BCUT2D eigenvalue weighted by Crippen LogP contribution is -2.25. The van der Waals surface area contributed by atoms with E-state index in [1.54, 1.807) is 0 Å². The summed E-state index contributed by atoms with van der Waals surface area (Å²) >= 11 is 5.79. The molecule has 1 aromatic carbocycles. The average molecular weight is 335 g/mol. The molecule has 0 aliphatic rings. The molecule has 0 spiro atoms. The molecule has 7 nitrogen and oxygen atoms in total. The van der Waals surface area contributed by atoms with E-state index in [-0.39, 0.29) is 28.4 Å². The fourth-order valence-electron chi connectivity index (χ4n) is 1.55. The first-order chi connectivity index (χ1) is 9.74. The molecule has 0 bridgehead atoms. The number of carboxylic acid groups (broad SMARTS) is 1. The van der Waals surface area contributed by atoms with Crippen LogP contribution in [0.2, 0.25) is 5.02 Å². The third kappa shape index (κ3) is 5.33. The van der Waals surface area contributed by atoms with Crippen molar-refractivity contribution < 1.29 is 23.1 Å². The average Bonchev–Trinajstić information content (AvgIpc) is 2.37. The Morgan fingerprint density at radius 2 is 1.95 bits per heavy atom. The monoisotopic (exact) mass is 334 g/mol. The van der Waals surface area contributed by atoms with Gasteiger partial charge in [0, 0.05) is 13.0 Å². The minimum atomic E-state index is -3.91. The van der Waals surface area contributed by atoms with Crippen LogP contribution in [0.1, 0.15) is 29.6 Å². The van der Waals surface area contributed by atoms with Crippen LogP contribution in [0.3, 0.4) is 0 Å². The van der Waals surface area contributed by atoms with Crippen LogP contribution < -0.4 is 10.5 Å². The topological polar surface area (TPSA) is 127 Å². The van der Waals surface area contributed by atoms with Gasteiger partial charge in [-0.1, -0.05) is 11.6 Å². The Hall–Kier alpha value is -1.64. The Morgan fingerprint density at radius 1 is 1.29 bits per heavy atom. The molecular formula is C12H15ClN2O5S. The summed E-state index contributed by atoms with van der Waals surface area (Å²) in [6, 6.07) is 3.43. The lowest BCUT2D eigenvalue weighted by molar-refractivity contribution is -0.118. The lowest BCUT2D eigenvalue weighted by atomic mass is 10.2. The molecule has 21 heavy (non-hydrogen) atoms. The third-order valence-corrected chi connectivity index (χ3v) is 4.55. The predicted molar refractivity (Wildman–Crippen MR) is 76.6 cm³/mol. The van der Waals surface area contributed by atoms with Gasteiger partial charge in [-0.2, -0.15) is 0 Å². The van der Waals surface area contributed by atoms with Gasteiger partial charge in [0.05, 0.1) is 10.6 Å². The molecule has 0 saturated heterocycles. The van der Waals surface area contributed by atoms with Gasteiger partial charge in [-0.05, 0) is 31.0 Å². The van der Waals surface area contributed by atoms with E-state index in [1.807, 2.05) is 0 Å². The number of sulfonamides is 1. The van der Waals surface area contributed by atoms with Crippen molar-refractivity contribution in [2.24, 2.45) is 5.73 Å². The number of amides is 1. The maximum Gasteiger partial charge on any atom is 0.335 e. The second-order valence-electron chi connectivity index (χ2n) is 4.27. The van der Waals surface area contributed by atoms with Crippen molar-refractivity contribution in [2.75, 3.05) is 6.54 Å². The van der Waals surface area contributed by atoms with Gasteiger partial charge in [-0.3, -0.25) is 4.79 Å². The highest BCUT2D eigenvalue weighted by atomic mass is 35.5. The number of aromatic carboxylic acids is 1. The second-order valence-corrected chi connectivity index (χ2v) is 6.41. The van der Waals surface area contributed by atoms with Gasteiger partial charge in [0.15, 0.2) is 0 Å². The zero-order valence-corrected chi connectivity index (χ0v) is 12.6. The van der Waals surface area contributed by atoms with E-state index in [4.69, 9.17) is 22.4 Å². The molecule has 0 aliphatic carbocycles. The quantitative estimate of drug-likeness (QED) is 0.610. The summed E-state index contributed by atoms with van der Waals surface area (Å²) in [5.41, 5.74) is 4.79. The minimum absolute atomic E-state index is 0.0652. The molecule has 0 radical (unpaired) electrons. The number of benzene rings is 1. The highest BCUT2D eigenvalue weighted by molar-refractivity contribution is 7.89. The van der Waals surface area contributed by atoms with E-state index in [9.17, 15) is 18.0 Å². The molecular weight excluding hydrogens is 320 g/mol. The first kappa shape index (κ1) is 17.4. The Labute approximate surface area is 127 Å². The summed E-state index contributed by atoms with van der Waals surface area (Å²) in [7, 11) is -3.91. The summed E-state index contributed by atoms with van der Waals surface area (Å²) < 4.78 is 26.4. The fourth-order valence-corrected chi connectivity index (χ4v) is 3.15. The highest BCUT2D eigenvalue weighted by Gasteiger charge is 2.19. The molecule has 0 saturated carbocycles. The number of carbonyl (C=O) groups excluding carboxylic acids is 1. The summed E-state index contributed by atoms with van der Waals surface area (Å²) in [5, 5.41) is 8.80. The van der Waals surface area contributed by atoms with Gasteiger partial charge in [0.1, 0.15) is 4.90 Å². The van der Waals surface area contributed by atoms with Crippen molar-refractivity contribution in [2.45, 2.75) is 24.2 Å². The first-order valence-electron chi connectivity index (χ1n) is 6.05. The summed E-state index contributed by atoms with van der Waals surface area (Å²) in [4.78, 5) is 21.1. The molecule has 0 fully saturated rings. The van der Waals surface area contributed by atoms with Crippen molar-refractivity contribution in [3.8, 4) is 0 Å². The number of rotatable bonds is 8. The zero-order chi connectivity index (χ0) is 16.0. The lowest BCUT2D eigenvalue weighted by Gasteiger charge is -2.09. The number of primary amides is 1. The van der Waals surface area contributed by atoms with Crippen molar-refractivity contribution in [1.29, 1.82) is 0 Å². The predicted octanol–water partition coefficient (Wildman–Crippen LogP) is 0.972. The normalized spacial score (nSPS) is 11.3. The Balaban J connectivity index is 2.76. The van der Waals surface area contributed by atoms with E-state index in [0.29, 0.717) is 12.8 Å². The summed E-state index contributed by atoms with van der Waals surface area (Å²) in [6.45, 7) is 0.100. The highest BCUT2D eigenvalue weighted by Crippen LogP contribution is 2.22. The fraction of sp³-hybridized carbons (Fsp3) is 0.333. The van der Waals surface area contributed by atoms with Crippen molar-refractivity contribution >= 4 is 33.5 Å². The molecule has 1 aromatic rings. The molecule has 0 aromatic heterocycles. The zero-order valence-electron chi connectivity index (χ0n) is 11.0. The van der Waals surface area contributed by atoms with E-state index >= 15 is 0 Å². The van der Waals surface area contributed by atoms with Crippen LogP contribution in [0.25, 0.3) is 0 Å². The summed E-state index contributed by atoms with van der Waals surface area (Å²) in [6.07, 6.45) is 1.07. The maximum absolute atomic E-state index is 12.0. The first-order valence-corrected chi connectivity index (χ1v) is 7.91. The standard InChI is InChI=1S/C12H15ClN2O5S/c13-9-5-4-8(12(17)18)7-10(9)21(19,20)15-6-2-1-3-11(14)16/h4-5,7,15H,1-3,6H2,(H2,14,16)(H,17,18). The van der Waals surface area contributed by atoms with Crippen molar-refractivity contribution in [3.63, 3.8) is 0 Å². The third-order valence-electron chi connectivity index (χ3n) is 2.61. The molecule has 9 heteroatoms. The van der Waals surface area contributed by atoms with E-state index < -0.39 is 21.9 Å². The number of unbranched alkanes of at least 4 members (excludes halogenated alkanes) is 1. The molecule has 0 unspecified atom stereocenters. The van der Waals surface area contributed by atoms with Gasteiger partial charge in [-0.25, -0.2) is 17.9 Å². The number of hydrogen-bond acceptors (Lipinski definition) is 4. The van der Waals surface area contributed by atoms with Crippen LogP contribution >= 0.6 is 11.6 Å². The molecule has 1 amide bonds. The second kappa shape index (κ2) is 7.39. The largest absolute Gasteiger partial charge is 0.478 e.